The molecule has 0 unspecified atom stereocenters. The summed E-state index contributed by atoms with van der Waals surface area (Å²) in [6.45, 7) is 2.21. The Morgan fingerprint density at radius 3 is 2.15 bits per heavy atom. The van der Waals surface area contributed by atoms with Crippen LogP contribution < -0.4 is 5.32 Å². The van der Waals surface area contributed by atoms with E-state index in [0.29, 0.717) is 5.88 Å². The molecule has 1 N–H and O–H groups in total. The zero-order chi connectivity index (χ0) is 27.1. The predicted molar refractivity (Wildman–Crippen MR) is 171 cm³/mol. The van der Waals surface area contributed by atoms with E-state index in [1.54, 1.807) is 0 Å². The monoisotopic (exact) mass is 527 g/mol. The van der Waals surface area contributed by atoms with Crippen LogP contribution in [-0.4, -0.2) is 10.4 Å². The molecule has 0 saturated carbocycles. The van der Waals surface area contributed by atoms with E-state index >= 15 is 0 Å². The Kier molecular flexibility index (Phi) is 4.43. The summed E-state index contributed by atoms with van der Waals surface area (Å²) in [6.07, 6.45) is 0. The molecule has 0 spiro atoms. The Balaban J connectivity index is 1.48. The third-order valence-electron chi connectivity index (χ3n) is 8.68. The van der Waals surface area contributed by atoms with E-state index in [9.17, 15) is 0 Å². The van der Waals surface area contributed by atoms with E-state index in [2.05, 4.69) is 126 Å². The van der Waals surface area contributed by atoms with Crippen molar-refractivity contribution in [1.82, 2.24) is 4.57 Å². The van der Waals surface area contributed by atoms with Crippen molar-refractivity contribution in [3.8, 4) is 0 Å². The highest BCUT2D eigenvalue weighted by atomic mass is 16.4. The molecule has 8 aromatic rings. The normalized spacial score (nSPS) is 16.9. The van der Waals surface area contributed by atoms with Gasteiger partial charge in [-0.05, 0) is 64.4 Å². The largest absolute Gasteiger partial charge is 0.438 e. The first-order valence-electron chi connectivity index (χ1n) is 14.0. The Bertz CT molecular complexity index is 2360. The number of aromatic nitrogens is 1. The molecule has 0 fully saturated rings. The number of hydrogen-bond acceptors (Lipinski definition) is 3. The quantitative estimate of drug-likeness (QED) is 0.231. The van der Waals surface area contributed by atoms with Gasteiger partial charge in [-0.3, -0.25) is 4.57 Å². The van der Waals surface area contributed by atoms with Gasteiger partial charge in [-0.15, -0.1) is 0 Å². The van der Waals surface area contributed by atoms with Crippen LogP contribution >= 0.6 is 0 Å². The van der Waals surface area contributed by atoms with Crippen LogP contribution in [-0.2, 0) is 5.54 Å². The van der Waals surface area contributed by atoms with Gasteiger partial charge in [-0.2, -0.15) is 0 Å². The van der Waals surface area contributed by atoms with E-state index in [1.807, 2.05) is 18.2 Å². The number of hydrogen-bond donors (Lipinski definition) is 1. The van der Waals surface area contributed by atoms with Gasteiger partial charge in [-0.25, -0.2) is 4.99 Å². The molecular weight excluding hydrogens is 502 g/mol. The molecule has 0 saturated heterocycles. The lowest BCUT2D eigenvalue weighted by molar-refractivity contribution is 0.588. The van der Waals surface area contributed by atoms with E-state index in [4.69, 9.17) is 9.41 Å². The van der Waals surface area contributed by atoms with Crippen molar-refractivity contribution in [2.45, 2.75) is 12.5 Å². The molecule has 1 atom stereocenters. The Morgan fingerprint density at radius 2 is 1.32 bits per heavy atom. The molecule has 9 rings (SSSR count). The number of nitrogens with zero attached hydrogens (tertiary/aromatic N) is 2. The van der Waals surface area contributed by atoms with Crippen molar-refractivity contribution >= 4 is 71.7 Å². The molecule has 3 heterocycles. The van der Waals surface area contributed by atoms with Crippen LogP contribution in [0.15, 0.2) is 137 Å². The van der Waals surface area contributed by atoms with Crippen molar-refractivity contribution in [3.05, 3.63) is 133 Å². The number of nitrogens with one attached hydrogen (secondary N) is 1. The molecule has 1 aliphatic heterocycles. The average molecular weight is 528 g/mol. The number of furan rings is 1. The van der Waals surface area contributed by atoms with Crippen molar-refractivity contribution < 1.29 is 4.42 Å². The zero-order valence-electron chi connectivity index (χ0n) is 22.4. The Hall–Kier alpha value is -5.35. The van der Waals surface area contributed by atoms with Crippen LogP contribution in [0.2, 0.25) is 0 Å². The summed E-state index contributed by atoms with van der Waals surface area (Å²) < 4.78 is 8.71. The van der Waals surface area contributed by atoms with Crippen molar-refractivity contribution in [2.24, 2.45) is 4.99 Å². The number of aliphatic imine (C=N–C) groups is 1. The Morgan fingerprint density at radius 1 is 0.634 bits per heavy atom. The highest BCUT2D eigenvalue weighted by molar-refractivity contribution is 6.26. The fourth-order valence-electron chi connectivity index (χ4n) is 6.68. The van der Waals surface area contributed by atoms with Gasteiger partial charge in [-0.1, -0.05) is 97.1 Å². The standard InChI is InChI=1S/C37H25N3O/c1-37(26-14-3-2-4-15-26)36(38-34-28-17-9-10-18-32(28)41-35(34)39-37)40-30-20-19-23-11-7-8-16-27(23)33(30)29-21-24-12-5-6-13-25(24)22-31(29)40/h2-22,39H,1H3/t37-/m0/s1. The number of fused-ring (bicyclic) bond motifs is 9. The summed E-state index contributed by atoms with van der Waals surface area (Å²) >= 11 is 0. The second kappa shape index (κ2) is 8.09. The van der Waals surface area contributed by atoms with Gasteiger partial charge in [0.2, 0.25) is 5.88 Å². The molecule has 4 nitrogen and oxygen atoms in total. The fraction of sp³-hybridized carbons (Fsp3) is 0.0541. The molecule has 6 aromatic carbocycles. The molecule has 194 valence electrons. The third kappa shape index (κ3) is 3.07. The highest BCUT2D eigenvalue weighted by Crippen LogP contribution is 2.47. The van der Waals surface area contributed by atoms with E-state index in [-0.39, 0.29) is 0 Å². The fourth-order valence-corrected chi connectivity index (χ4v) is 6.68. The minimum atomic E-state index is -0.668. The first-order chi connectivity index (χ1) is 20.2. The summed E-state index contributed by atoms with van der Waals surface area (Å²) in [5, 5.41) is 12.2. The highest BCUT2D eigenvalue weighted by Gasteiger charge is 2.41. The number of anilines is 1. The van der Waals surface area contributed by atoms with Gasteiger partial charge in [0.15, 0.2) is 0 Å². The molecule has 41 heavy (non-hydrogen) atoms. The van der Waals surface area contributed by atoms with Crippen LogP contribution in [0.5, 0.6) is 0 Å². The minimum Gasteiger partial charge on any atom is -0.438 e. The first-order valence-corrected chi connectivity index (χ1v) is 14.0. The van der Waals surface area contributed by atoms with Crippen molar-refractivity contribution in [3.63, 3.8) is 0 Å². The number of para-hydroxylation sites is 1. The number of benzene rings is 6. The van der Waals surface area contributed by atoms with Gasteiger partial charge < -0.3 is 9.73 Å². The maximum atomic E-state index is 6.34. The van der Waals surface area contributed by atoms with E-state index in [0.717, 1.165) is 39.1 Å². The van der Waals surface area contributed by atoms with E-state index in [1.165, 1.54) is 32.3 Å². The van der Waals surface area contributed by atoms with Crippen LogP contribution in [0.25, 0.3) is 54.3 Å². The van der Waals surface area contributed by atoms with Gasteiger partial charge in [0, 0.05) is 16.2 Å². The average Bonchev–Trinajstić information content (AvgIpc) is 3.54. The molecular formula is C37H25N3O. The van der Waals surface area contributed by atoms with Gasteiger partial charge in [0.05, 0.1) is 11.0 Å². The molecule has 0 radical (unpaired) electrons. The van der Waals surface area contributed by atoms with Crippen LogP contribution in [0.4, 0.5) is 11.6 Å². The second-order valence-corrected chi connectivity index (χ2v) is 11.1. The summed E-state index contributed by atoms with van der Waals surface area (Å²) in [5.41, 5.74) is 4.37. The molecule has 1 aliphatic rings. The van der Waals surface area contributed by atoms with Crippen molar-refractivity contribution in [2.75, 3.05) is 5.32 Å². The minimum absolute atomic E-state index is 0.668. The van der Waals surface area contributed by atoms with Gasteiger partial charge >= 0.3 is 0 Å². The third-order valence-corrected chi connectivity index (χ3v) is 8.68. The second-order valence-electron chi connectivity index (χ2n) is 11.1. The summed E-state index contributed by atoms with van der Waals surface area (Å²) in [5.74, 6) is 1.60. The summed E-state index contributed by atoms with van der Waals surface area (Å²) in [4.78, 5) is 5.49. The first kappa shape index (κ1) is 22.5. The molecule has 4 heteroatoms. The summed E-state index contributed by atoms with van der Waals surface area (Å²) in [7, 11) is 0. The van der Waals surface area contributed by atoms with Crippen LogP contribution in [0.3, 0.4) is 0 Å². The van der Waals surface area contributed by atoms with Gasteiger partial charge in [0.25, 0.3) is 0 Å². The molecule has 0 aliphatic carbocycles. The lowest BCUT2D eigenvalue weighted by Crippen LogP contribution is -2.45. The lowest BCUT2D eigenvalue weighted by Gasteiger charge is -2.36. The smallest absolute Gasteiger partial charge is 0.221 e. The number of rotatable bonds is 1. The molecule has 0 bridgehead atoms. The van der Waals surface area contributed by atoms with Crippen molar-refractivity contribution in [1.29, 1.82) is 0 Å². The van der Waals surface area contributed by atoms with Crippen LogP contribution in [0.1, 0.15) is 12.5 Å². The predicted octanol–water partition coefficient (Wildman–Crippen LogP) is 9.77. The van der Waals surface area contributed by atoms with E-state index < -0.39 is 5.54 Å². The van der Waals surface area contributed by atoms with Gasteiger partial charge in [0.1, 0.15) is 22.6 Å². The molecule has 2 aromatic heterocycles. The Labute approximate surface area is 236 Å². The maximum absolute atomic E-state index is 6.34. The van der Waals surface area contributed by atoms with Crippen LogP contribution in [0, 0.1) is 0 Å². The summed E-state index contributed by atoms with van der Waals surface area (Å²) in [6, 6.07) is 45.1. The topological polar surface area (TPSA) is 42.5 Å². The molecule has 0 amide bonds. The zero-order valence-corrected chi connectivity index (χ0v) is 22.4. The maximum Gasteiger partial charge on any atom is 0.221 e. The lowest BCUT2D eigenvalue weighted by atomic mass is 9.88. The SMILES string of the molecule is C[C@@]1(c2ccccc2)Nc2oc3ccccc3c2N=C1n1c2cc3ccccc3cc2c2c3ccccc3ccc21.